The summed E-state index contributed by atoms with van der Waals surface area (Å²) < 4.78 is 0. The van der Waals surface area contributed by atoms with Gasteiger partial charge in [-0.1, -0.05) is 12.1 Å². The Morgan fingerprint density at radius 1 is 0.636 bits per heavy atom. The number of carboxylic acid groups (broad SMARTS) is 6. The van der Waals surface area contributed by atoms with Crippen LogP contribution in [-0.2, 0) is 19.2 Å². The van der Waals surface area contributed by atoms with Crippen molar-refractivity contribution < 1.29 is 59.4 Å². The fraction of sp³-hybridized carbons (Fsp3) is 0.385. The molecule has 4 heterocycles. The van der Waals surface area contributed by atoms with Crippen LogP contribution in [0.15, 0.2) is 33.9 Å². The second-order valence-corrected chi connectivity index (χ2v) is 10.1. The molecule has 2 aromatic heterocycles. The van der Waals surface area contributed by atoms with Gasteiger partial charge in [0.25, 0.3) is 5.56 Å². The van der Waals surface area contributed by atoms with Gasteiger partial charge in [-0.3, -0.25) is 28.8 Å². The maximum atomic E-state index is 12.0. The Labute approximate surface area is 245 Å². The lowest BCUT2D eigenvalue weighted by Gasteiger charge is -2.21. The standard InChI is InChI=1S/2C13H14N2O7/c16-8-2-1-5(11(15-8)13(21)22)7-4-14-10(12(19)20)6(7)3-9(17)18;16-9(17)3-6-7(4-14-10(6)13(21)22)5-1-2-8(12(19)20)15-11(5)18/h1-2,6-7,10,14H,3-4H2,(H,15,16)(H,17,18)(H,19,20)(H,21,22);1-2,6-7,10,14H,3-4H2,(H,15,18)(H,16,17)(H,19,20)(H,21,22)/t2*6-,7?,10-/m00/s1. The van der Waals surface area contributed by atoms with Crippen LogP contribution in [0.1, 0.15) is 56.8 Å². The lowest BCUT2D eigenvalue weighted by atomic mass is 9.82. The average molecular weight is 621 g/mol. The maximum Gasteiger partial charge on any atom is 0.352 e. The Bertz CT molecular complexity index is 1600. The van der Waals surface area contributed by atoms with Gasteiger partial charge in [0, 0.05) is 48.4 Å². The van der Waals surface area contributed by atoms with Crippen molar-refractivity contribution in [2.45, 2.75) is 36.8 Å². The molecule has 44 heavy (non-hydrogen) atoms. The van der Waals surface area contributed by atoms with E-state index in [2.05, 4.69) is 20.6 Å². The van der Waals surface area contributed by atoms with E-state index in [0.717, 1.165) is 6.07 Å². The summed E-state index contributed by atoms with van der Waals surface area (Å²) in [6.45, 7) is 0.242. The molecule has 0 bridgehead atoms. The van der Waals surface area contributed by atoms with Gasteiger partial charge in [0.1, 0.15) is 23.5 Å². The van der Waals surface area contributed by atoms with E-state index in [4.69, 9.17) is 25.5 Å². The normalized spacial score (nSPS) is 24.1. The summed E-state index contributed by atoms with van der Waals surface area (Å²) in [5.41, 5.74) is -1.50. The molecule has 0 aromatic carbocycles. The number of aliphatic carboxylic acids is 4. The van der Waals surface area contributed by atoms with Crippen LogP contribution in [0.4, 0.5) is 0 Å². The van der Waals surface area contributed by atoms with Gasteiger partial charge in [-0.25, -0.2) is 9.59 Å². The molecule has 2 aromatic rings. The SMILES string of the molecule is O=C(O)C[C@H]1C(c2ccc(=O)[nH]c2C(=O)O)CN[C@@H]1C(=O)O.O=C(O)C[C@H]1C(c2ccc(C(=O)O)[nH]c2=O)CN[C@@H]1C(=O)O. The van der Waals surface area contributed by atoms with Crippen molar-refractivity contribution in [2.24, 2.45) is 11.8 Å². The molecule has 0 saturated carbocycles. The van der Waals surface area contributed by atoms with Gasteiger partial charge in [0.05, 0.1) is 12.8 Å². The van der Waals surface area contributed by atoms with E-state index in [-0.39, 0.29) is 35.6 Å². The number of rotatable bonds is 10. The molecule has 2 aliphatic rings. The third-order valence-corrected chi connectivity index (χ3v) is 7.49. The first-order chi connectivity index (χ1) is 20.6. The largest absolute Gasteiger partial charge is 0.481 e. The summed E-state index contributed by atoms with van der Waals surface area (Å²) in [6.07, 6.45) is -0.832. The highest BCUT2D eigenvalue weighted by Crippen LogP contribution is 2.36. The molecule has 18 heteroatoms. The lowest BCUT2D eigenvalue weighted by molar-refractivity contribution is -0.144. The number of aromatic nitrogens is 2. The number of hydrogen-bond acceptors (Lipinski definition) is 10. The lowest BCUT2D eigenvalue weighted by Crippen LogP contribution is -2.37. The predicted octanol–water partition coefficient (Wildman–Crippen LogP) is -1.39. The van der Waals surface area contributed by atoms with Crippen molar-refractivity contribution >= 4 is 35.8 Å². The summed E-state index contributed by atoms with van der Waals surface area (Å²) in [5, 5.41) is 59.6. The van der Waals surface area contributed by atoms with E-state index in [0.29, 0.717) is 0 Å². The first kappa shape index (κ1) is 33.1. The summed E-state index contributed by atoms with van der Waals surface area (Å²) in [5.74, 6) is -10.3. The monoisotopic (exact) mass is 620 g/mol. The van der Waals surface area contributed by atoms with Gasteiger partial charge in [0.2, 0.25) is 5.56 Å². The van der Waals surface area contributed by atoms with Crippen LogP contribution in [0.25, 0.3) is 0 Å². The highest BCUT2D eigenvalue weighted by molar-refractivity contribution is 5.87. The van der Waals surface area contributed by atoms with Crippen molar-refractivity contribution in [1.29, 1.82) is 0 Å². The molecule has 0 amide bonds. The smallest absolute Gasteiger partial charge is 0.352 e. The van der Waals surface area contributed by atoms with E-state index in [1.807, 2.05) is 0 Å². The molecule has 236 valence electrons. The first-order valence-corrected chi connectivity index (χ1v) is 12.9. The molecule has 2 saturated heterocycles. The minimum atomic E-state index is -1.36. The fourth-order valence-electron chi connectivity index (χ4n) is 5.60. The number of carbonyl (C=O) groups is 6. The number of carboxylic acids is 6. The zero-order valence-electron chi connectivity index (χ0n) is 22.6. The molecule has 4 rings (SSSR count). The van der Waals surface area contributed by atoms with Crippen LogP contribution in [0.3, 0.4) is 0 Å². The van der Waals surface area contributed by atoms with Crippen molar-refractivity contribution in [2.75, 3.05) is 13.1 Å². The summed E-state index contributed by atoms with van der Waals surface area (Å²) in [7, 11) is 0. The quantitative estimate of drug-likeness (QED) is 0.146. The first-order valence-electron chi connectivity index (χ1n) is 12.9. The topological polar surface area (TPSA) is 314 Å². The van der Waals surface area contributed by atoms with Gasteiger partial charge in [-0.05, 0) is 11.6 Å². The Balaban J connectivity index is 0.000000240. The Morgan fingerprint density at radius 2 is 1.11 bits per heavy atom. The third kappa shape index (κ3) is 7.53. The second-order valence-electron chi connectivity index (χ2n) is 10.1. The number of pyridine rings is 2. The molecule has 2 unspecified atom stereocenters. The maximum absolute atomic E-state index is 12.0. The number of aromatic carboxylic acids is 2. The zero-order chi connectivity index (χ0) is 32.9. The highest BCUT2D eigenvalue weighted by Gasteiger charge is 2.44. The number of aromatic amines is 2. The van der Waals surface area contributed by atoms with Gasteiger partial charge >= 0.3 is 35.8 Å². The van der Waals surface area contributed by atoms with Crippen LogP contribution in [0.5, 0.6) is 0 Å². The minimum absolute atomic E-state index is 0.112. The molecule has 6 atom stereocenters. The predicted molar refractivity (Wildman–Crippen MR) is 144 cm³/mol. The van der Waals surface area contributed by atoms with E-state index in [1.165, 1.54) is 18.2 Å². The second kappa shape index (κ2) is 13.7. The summed E-state index contributed by atoms with van der Waals surface area (Å²) in [4.78, 5) is 94.0. The zero-order valence-corrected chi connectivity index (χ0v) is 22.6. The molecule has 2 fully saturated rings. The highest BCUT2D eigenvalue weighted by atomic mass is 16.4. The van der Waals surface area contributed by atoms with Crippen molar-refractivity contribution in [3.05, 3.63) is 67.5 Å². The van der Waals surface area contributed by atoms with Crippen LogP contribution in [-0.4, -0.2) is 102 Å². The number of nitrogens with one attached hydrogen (secondary N) is 4. The third-order valence-electron chi connectivity index (χ3n) is 7.49. The van der Waals surface area contributed by atoms with Crippen LogP contribution < -0.4 is 21.8 Å². The molecule has 0 radical (unpaired) electrons. The van der Waals surface area contributed by atoms with E-state index < -0.39 is 95.5 Å². The van der Waals surface area contributed by atoms with Crippen LogP contribution in [0, 0.1) is 11.8 Å². The van der Waals surface area contributed by atoms with Crippen molar-refractivity contribution in [1.82, 2.24) is 20.6 Å². The van der Waals surface area contributed by atoms with Gasteiger partial charge in [-0.2, -0.15) is 0 Å². The Kier molecular flexibility index (Phi) is 10.4. The molecule has 2 aliphatic heterocycles. The Hall–Kier alpha value is -5.36. The molecule has 0 aliphatic carbocycles. The number of H-pyrrole nitrogens is 2. The molecule has 10 N–H and O–H groups in total. The van der Waals surface area contributed by atoms with Gasteiger partial charge in [-0.15, -0.1) is 0 Å². The fourth-order valence-corrected chi connectivity index (χ4v) is 5.60. The molecule has 18 nitrogen and oxygen atoms in total. The summed E-state index contributed by atoms with van der Waals surface area (Å²) in [6, 6.07) is 2.77. The van der Waals surface area contributed by atoms with Gasteiger partial charge in [0.15, 0.2) is 0 Å². The van der Waals surface area contributed by atoms with E-state index in [9.17, 15) is 43.5 Å². The molecular formula is C26H28N4O14. The van der Waals surface area contributed by atoms with Crippen LogP contribution >= 0.6 is 0 Å². The van der Waals surface area contributed by atoms with Crippen molar-refractivity contribution in [3.63, 3.8) is 0 Å². The number of hydrogen-bond donors (Lipinski definition) is 10. The van der Waals surface area contributed by atoms with E-state index >= 15 is 0 Å². The van der Waals surface area contributed by atoms with Crippen LogP contribution in [0.2, 0.25) is 0 Å². The summed E-state index contributed by atoms with van der Waals surface area (Å²) >= 11 is 0. The molecule has 0 spiro atoms. The molecular weight excluding hydrogens is 592 g/mol. The average Bonchev–Trinajstić information content (AvgIpc) is 3.52. The van der Waals surface area contributed by atoms with Crippen molar-refractivity contribution in [3.8, 4) is 0 Å². The minimum Gasteiger partial charge on any atom is -0.481 e. The Morgan fingerprint density at radius 3 is 1.52 bits per heavy atom. The van der Waals surface area contributed by atoms with Gasteiger partial charge < -0.3 is 51.2 Å². The van der Waals surface area contributed by atoms with E-state index in [1.54, 1.807) is 0 Å².